The van der Waals surface area contributed by atoms with Crippen LogP contribution in [-0.2, 0) is 11.4 Å². The molecule has 3 rings (SSSR count). The second kappa shape index (κ2) is 11.2. The highest BCUT2D eigenvalue weighted by Crippen LogP contribution is 2.35. The molecule has 1 amide bonds. The highest BCUT2D eigenvalue weighted by Gasteiger charge is 2.20. The van der Waals surface area contributed by atoms with Crippen molar-refractivity contribution in [3.8, 4) is 17.6 Å². The highest BCUT2D eigenvalue weighted by molar-refractivity contribution is 14.1. The number of carbonyl (C=O) groups excluding carboxylic acids is 1. The van der Waals surface area contributed by atoms with Crippen molar-refractivity contribution in [2.45, 2.75) is 52.2 Å². The van der Waals surface area contributed by atoms with E-state index >= 15 is 0 Å². The number of nitrogens with zero attached hydrogens (tertiary/aromatic N) is 1. The first-order chi connectivity index (χ1) is 15.0. The quantitative estimate of drug-likeness (QED) is 0.276. The number of ether oxygens (including phenoxy) is 2. The summed E-state index contributed by atoms with van der Waals surface area (Å²) in [5, 5.41) is 12.5. The van der Waals surface area contributed by atoms with Crippen LogP contribution in [0.5, 0.6) is 11.5 Å². The second-order valence-corrected chi connectivity index (χ2v) is 8.82. The molecule has 2 aromatic carbocycles. The Morgan fingerprint density at radius 2 is 1.94 bits per heavy atom. The Kier molecular flexibility index (Phi) is 8.35. The van der Waals surface area contributed by atoms with Gasteiger partial charge >= 0.3 is 0 Å². The number of hydrogen-bond acceptors (Lipinski definition) is 4. The molecule has 0 heterocycles. The topological polar surface area (TPSA) is 71.3 Å². The molecule has 1 aliphatic rings. The molecule has 1 fully saturated rings. The van der Waals surface area contributed by atoms with Gasteiger partial charge in [0, 0.05) is 6.04 Å². The van der Waals surface area contributed by atoms with Gasteiger partial charge in [-0.15, -0.1) is 0 Å². The van der Waals surface area contributed by atoms with Crippen LogP contribution in [0.2, 0.25) is 0 Å². The van der Waals surface area contributed by atoms with E-state index in [0.717, 1.165) is 40.4 Å². The number of aryl methyl sites for hydroxylation is 1. The van der Waals surface area contributed by atoms with E-state index < -0.39 is 0 Å². The lowest BCUT2D eigenvalue weighted by atomic mass is 10.1. The number of amides is 1. The predicted molar refractivity (Wildman–Crippen MR) is 130 cm³/mol. The summed E-state index contributed by atoms with van der Waals surface area (Å²) in [7, 11) is 0. The minimum absolute atomic E-state index is 0.0958. The van der Waals surface area contributed by atoms with Gasteiger partial charge in [-0.2, -0.15) is 5.26 Å². The summed E-state index contributed by atoms with van der Waals surface area (Å²) >= 11 is 2.20. The van der Waals surface area contributed by atoms with Gasteiger partial charge < -0.3 is 14.8 Å². The van der Waals surface area contributed by atoms with Gasteiger partial charge in [-0.05, 0) is 78.6 Å². The zero-order chi connectivity index (χ0) is 22.2. The Hall–Kier alpha value is -2.53. The van der Waals surface area contributed by atoms with E-state index in [1.807, 2.05) is 37.3 Å². The number of hydrogen-bond donors (Lipinski definition) is 1. The molecule has 31 heavy (non-hydrogen) atoms. The van der Waals surface area contributed by atoms with Crippen LogP contribution in [0.4, 0.5) is 0 Å². The van der Waals surface area contributed by atoms with E-state index in [0.29, 0.717) is 24.7 Å². The Labute approximate surface area is 197 Å². The van der Waals surface area contributed by atoms with Gasteiger partial charge in [0.15, 0.2) is 11.5 Å². The van der Waals surface area contributed by atoms with Crippen molar-refractivity contribution in [1.82, 2.24) is 5.32 Å². The fraction of sp³-hybridized carbons (Fsp3) is 0.360. The molecule has 0 aliphatic heterocycles. The summed E-state index contributed by atoms with van der Waals surface area (Å²) in [6, 6.07) is 14.1. The van der Waals surface area contributed by atoms with Crippen molar-refractivity contribution in [2.75, 3.05) is 6.61 Å². The van der Waals surface area contributed by atoms with E-state index in [-0.39, 0.29) is 17.5 Å². The molecule has 0 aromatic heterocycles. The lowest BCUT2D eigenvalue weighted by molar-refractivity contribution is -0.117. The number of benzene rings is 2. The lowest BCUT2D eigenvalue weighted by Gasteiger charge is -2.15. The van der Waals surface area contributed by atoms with Crippen LogP contribution in [0.15, 0.2) is 42.0 Å². The smallest absolute Gasteiger partial charge is 0.262 e. The van der Waals surface area contributed by atoms with Crippen molar-refractivity contribution < 1.29 is 14.3 Å². The summed E-state index contributed by atoms with van der Waals surface area (Å²) in [5.74, 6) is 0.942. The first-order valence-corrected chi connectivity index (χ1v) is 11.7. The first-order valence-electron chi connectivity index (χ1n) is 10.6. The Morgan fingerprint density at radius 3 is 2.58 bits per heavy atom. The third-order valence-corrected chi connectivity index (χ3v) is 6.00. The molecular weight excluding hydrogens is 503 g/mol. The summed E-state index contributed by atoms with van der Waals surface area (Å²) < 4.78 is 12.7. The van der Waals surface area contributed by atoms with Crippen molar-refractivity contribution in [3.05, 3.63) is 62.2 Å². The molecule has 2 aromatic rings. The van der Waals surface area contributed by atoms with Crippen LogP contribution in [0, 0.1) is 21.8 Å². The van der Waals surface area contributed by atoms with Crippen LogP contribution in [0.3, 0.4) is 0 Å². The Morgan fingerprint density at radius 1 is 1.23 bits per heavy atom. The standard InChI is InChI=1S/C25H27IN2O3/c1-3-30-23-14-19(12-20(15-27)25(29)28-21-6-4-5-7-21)13-22(26)24(23)31-16-18-10-8-17(2)9-11-18/h8-14,21H,3-7,16H2,1-2H3,(H,28,29)/b20-12-. The van der Waals surface area contributed by atoms with Crippen LogP contribution in [0.1, 0.15) is 49.3 Å². The van der Waals surface area contributed by atoms with Gasteiger partial charge in [0.05, 0.1) is 10.2 Å². The Balaban J connectivity index is 1.80. The molecule has 0 atom stereocenters. The predicted octanol–water partition coefficient (Wildman–Crippen LogP) is 5.54. The maximum absolute atomic E-state index is 12.5. The molecule has 0 unspecified atom stereocenters. The average Bonchev–Trinajstić information content (AvgIpc) is 3.26. The molecule has 0 bridgehead atoms. The van der Waals surface area contributed by atoms with Crippen LogP contribution in [0.25, 0.3) is 6.08 Å². The molecule has 0 radical (unpaired) electrons. The first kappa shape index (κ1) is 23.1. The largest absolute Gasteiger partial charge is 0.490 e. The maximum atomic E-state index is 12.5. The number of rotatable bonds is 8. The summed E-state index contributed by atoms with van der Waals surface area (Å²) in [6.07, 6.45) is 5.81. The third kappa shape index (κ3) is 6.47. The number of nitrogens with one attached hydrogen (secondary N) is 1. The van der Waals surface area contributed by atoms with Gasteiger partial charge in [-0.3, -0.25) is 4.79 Å². The minimum Gasteiger partial charge on any atom is -0.490 e. The number of nitriles is 1. The van der Waals surface area contributed by atoms with Gasteiger partial charge in [0.25, 0.3) is 5.91 Å². The van der Waals surface area contributed by atoms with Crippen LogP contribution in [-0.4, -0.2) is 18.6 Å². The summed E-state index contributed by atoms with van der Waals surface area (Å²) in [6.45, 7) is 4.88. The Bertz CT molecular complexity index is 987. The van der Waals surface area contributed by atoms with E-state index in [4.69, 9.17) is 9.47 Å². The fourth-order valence-electron chi connectivity index (χ4n) is 3.56. The van der Waals surface area contributed by atoms with E-state index in [9.17, 15) is 10.1 Å². The highest BCUT2D eigenvalue weighted by atomic mass is 127. The molecule has 162 valence electrons. The zero-order valence-corrected chi connectivity index (χ0v) is 20.1. The molecule has 0 saturated heterocycles. The van der Waals surface area contributed by atoms with Gasteiger partial charge in [-0.1, -0.05) is 42.7 Å². The fourth-order valence-corrected chi connectivity index (χ4v) is 4.34. The SMILES string of the molecule is CCOc1cc(/C=C(/C#N)C(=O)NC2CCCC2)cc(I)c1OCc1ccc(C)cc1. The molecule has 0 spiro atoms. The molecule has 1 saturated carbocycles. The zero-order valence-electron chi connectivity index (χ0n) is 17.9. The van der Waals surface area contributed by atoms with Crippen molar-refractivity contribution in [3.63, 3.8) is 0 Å². The van der Waals surface area contributed by atoms with Crippen molar-refractivity contribution >= 4 is 34.6 Å². The van der Waals surface area contributed by atoms with E-state index in [2.05, 4.69) is 47.0 Å². The monoisotopic (exact) mass is 530 g/mol. The number of halogens is 1. The van der Waals surface area contributed by atoms with Crippen LogP contribution >= 0.6 is 22.6 Å². The maximum Gasteiger partial charge on any atom is 0.262 e. The third-order valence-electron chi connectivity index (χ3n) is 5.20. The van der Waals surface area contributed by atoms with Crippen molar-refractivity contribution in [1.29, 1.82) is 5.26 Å². The van der Waals surface area contributed by atoms with Gasteiger partial charge in [0.1, 0.15) is 18.2 Å². The molecule has 5 nitrogen and oxygen atoms in total. The normalized spacial score (nSPS) is 14.2. The molecular formula is C25H27IN2O3. The summed E-state index contributed by atoms with van der Waals surface area (Å²) in [5.41, 5.74) is 3.10. The van der Waals surface area contributed by atoms with Gasteiger partial charge in [-0.25, -0.2) is 0 Å². The van der Waals surface area contributed by atoms with E-state index in [1.54, 1.807) is 6.08 Å². The summed E-state index contributed by atoms with van der Waals surface area (Å²) in [4.78, 5) is 12.5. The van der Waals surface area contributed by atoms with E-state index in [1.165, 1.54) is 5.56 Å². The second-order valence-electron chi connectivity index (χ2n) is 7.66. The number of carbonyl (C=O) groups is 1. The molecule has 1 aliphatic carbocycles. The van der Waals surface area contributed by atoms with Gasteiger partial charge in [0.2, 0.25) is 0 Å². The average molecular weight is 530 g/mol. The lowest BCUT2D eigenvalue weighted by Crippen LogP contribution is -2.33. The molecule has 1 N–H and O–H groups in total. The minimum atomic E-state index is -0.318. The van der Waals surface area contributed by atoms with Crippen molar-refractivity contribution in [2.24, 2.45) is 0 Å². The molecule has 6 heteroatoms. The van der Waals surface area contributed by atoms with Crippen LogP contribution < -0.4 is 14.8 Å².